The number of anilines is 2. The monoisotopic (exact) mass is 596 g/mol. The summed E-state index contributed by atoms with van der Waals surface area (Å²) in [4.78, 5) is 29.0. The Morgan fingerprint density at radius 3 is 2.51 bits per heavy atom. The summed E-state index contributed by atoms with van der Waals surface area (Å²) in [5, 5.41) is 7.11. The molecule has 1 aromatic heterocycles. The second kappa shape index (κ2) is 12.0. The van der Waals surface area contributed by atoms with E-state index in [2.05, 4.69) is 40.5 Å². The molecule has 2 N–H and O–H groups in total. The van der Waals surface area contributed by atoms with Crippen LogP contribution in [-0.2, 0) is 6.42 Å². The number of nitrogens with one attached hydrogen (secondary N) is 2. The van der Waals surface area contributed by atoms with Crippen molar-refractivity contribution in [3.63, 3.8) is 0 Å². The van der Waals surface area contributed by atoms with Crippen molar-refractivity contribution >= 4 is 45.5 Å². The third-order valence-electron chi connectivity index (χ3n) is 7.74. The van der Waals surface area contributed by atoms with Gasteiger partial charge >= 0.3 is 0 Å². The van der Waals surface area contributed by atoms with Crippen LogP contribution < -0.4 is 20.1 Å². The number of allylic oxidation sites excluding steroid dienone is 5. The van der Waals surface area contributed by atoms with Crippen LogP contribution in [0.2, 0.25) is 0 Å². The first kappa shape index (κ1) is 28.6. The molecular formula is C33H33ClN6O3. The van der Waals surface area contributed by atoms with Crippen molar-refractivity contribution in [1.29, 1.82) is 0 Å². The number of carbonyl (C=O) groups is 1. The number of rotatable bonds is 6. The summed E-state index contributed by atoms with van der Waals surface area (Å²) in [5.41, 5.74) is 6.73. The second-order valence-electron chi connectivity index (χ2n) is 10.9. The van der Waals surface area contributed by atoms with E-state index < -0.39 is 0 Å². The molecular weight excluding hydrogens is 564 g/mol. The molecule has 2 atom stereocenters. The molecule has 10 heteroatoms. The molecule has 3 aliphatic rings. The lowest BCUT2D eigenvalue weighted by Crippen LogP contribution is -2.55. The number of benzene rings is 2. The number of aliphatic imine (C=N–C) groups is 1. The molecule has 1 saturated heterocycles. The molecule has 2 aliphatic heterocycles. The Balaban J connectivity index is 1.25. The number of halogens is 1. The van der Waals surface area contributed by atoms with Crippen LogP contribution in [0, 0.1) is 0 Å². The van der Waals surface area contributed by atoms with Gasteiger partial charge in [-0.1, -0.05) is 17.7 Å². The van der Waals surface area contributed by atoms with Gasteiger partial charge in [0.1, 0.15) is 16.7 Å². The largest absolute Gasteiger partial charge is 0.497 e. The fourth-order valence-corrected chi connectivity index (χ4v) is 5.95. The minimum atomic E-state index is 0.0352. The first-order valence-electron chi connectivity index (χ1n) is 14.2. The van der Waals surface area contributed by atoms with Gasteiger partial charge in [-0.2, -0.15) is 0 Å². The summed E-state index contributed by atoms with van der Waals surface area (Å²) in [6.45, 7) is 5.57. The number of ether oxygens (including phenoxy) is 2. The van der Waals surface area contributed by atoms with E-state index >= 15 is 0 Å². The van der Waals surface area contributed by atoms with E-state index in [1.165, 1.54) is 0 Å². The molecule has 0 bridgehead atoms. The number of carbonyl (C=O) groups excluding carboxylic acids is 1. The molecule has 3 aromatic rings. The number of fused-ring (bicyclic) bond motifs is 3. The molecule has 9 nitrogen and oxygen atoms in total. The minimum absolute atomic E-state index is 0.0352. The maximum absolute atomic E-state index is 13.1. The number of methoxy groups -OCH3 is 2. The predicted molar refractivity (Wildman–Crippen MR) is 170 cm³/mol. The van der Waals surface area contributed by atoms with E-state index in [-0.39, 0.29) is 18.0 Å². The molecule has 2 unspecified atom stereocenters. The number of aromatic nitrogens is 2. The Hall–Kier alpha value is -4.47. The van der Waals surface area contributed by atoms with Gasteiger partial charge in [-0.15, -0.1) is 0 Å². The van der Waals surface area contributed by atoms with Gasteiger partial charge in [-0.25, -0.2) is 15.0 Å². The fourth-order valence-electron chi connectivity index (χ4n) is 5.79. The molecule has 43 heavy (non-hydrogen) atoms. The highest BCUT2D eigenvalue weighted by atomic mass is 35.5. The highest BCUT2D eigenvalue weighted by Crippen LogP contribution is 2.43. The van der Waals surface area contributed by atoms with Crippen molar-refractivity contribution < 1.29 is 14.3 Å². The summed E-state index contributed by atoms with van der Waals surface area (Å²) in [5.74, 6) is 1.84. The summed E-state index contributed by atoms with van der Waals surface area (Å²) in [6, 6.07) is 13.7. The number of hydrogen-bond acceptors (Lipinski definition) is 8. The zero-order valence-corrected chi connectivity index (χ0v) is 25.3. The molecule has 0 radical (unpaired) electrons. The lowest BCUT2D eigenvalue weighted by Gasteiger charge is -2.36. The van der Waals surface area contributed by atoms with Gasteiger partial charge in [-0.3, -0.25) is 4.79 Å². The van der Waals surface area contributed by atoms with Gasteiger partial charge in [0.05, 0.1) is 19.9 Å². The molecule has 6 rings (SSSR count). The van der Waals surface area contributed by atoms with E-state index in [0.29, 0.717) is 47.7 Å². The molecule has 1 fully saturated rings. The van der Waals surface area contributed by atoms with Gasteiger partial charge < -0.3 is 25.0 Å². The predicted octanol–water partition coefficient (Wildman–Crippen LogP) is 5.62. The zero-order valence-electron chi connectivity index (χ0n) is 24.5. The van der Waals surface area contributed by atoms with E-state index in [4.69, 9.17) is 26.1 Å². The first-order valence-corrected chi connectivity index (χ1v) is 14.6. The van der Waals surface area contributed by atoms with Gasteiger partial charge in [0.15, 0.2) is 0 Å². The van der Waals surface area contributed by atoms with Crippen LogP contribution in [0.4, 0.5) is 11.6 Å². The number of piperazine rings is 1. The lowest BCUT2D eigenvalue weighted by atomic mass is 9.84. The first-order chi connectivity index (χ1) is 20.8. The summed E-state index contributed by atoms with van der Waals surface area (Å²) >= 11 is 6.51. The van der Waals surface area contributed by atoms with Crippen LogP contribution >= 0.6 is 11.6 Å². The SMILES string of the molecule is COc1ccc(C2=CC(Cl)=NC=C3C2=CCc2cnc(Nc4ccc(C(=O)N5CC(C)NC(C)C5)cc4)nc23)c(OC)c1. The number of amides is 1. The van der Waals surface area contributed by atoms with Crippen LogP contribution in [0.25, 0.3) is 11.1 Å². The van der Waals surface area contributed by atoms with Gasteiger partial charge in [-0.05, 0) is 73.9 Å². The van der Waals surface area contributed by atoms with Crippen molar-refractivity contribution in [2.75, 3.05) is 32.6 Å². The summed E-state index contributed by atoms with van der Waals surface area (Å²) in [7, 11) is 3.25. The van der Waals surface area contributed by atoms with Gasteiger partial charge in [0.2, 0.25) is 5.95 Å². The van der Waals surface area contributed by atoms with Crippen LogP contribution in [0.5, 0.6) is 11.5 Å². The Bertz CT molecular complexity index is 1690. The quantitative estimate of drug-likeness (QED) is 0.381. The molecule has 1 aliphatic carbocycles. The van der Waals surface area contributed by atoms with Gasteiger partial charge in [0, 0.05) is 71.6 Å². The van der Waals surface area contributed by atoms with Crippen LogP contribution in [0.15, 0.2) is 77.6 Å². The molecule has 3 heterocycles. The third kappa shape index (κ3) is 5.91. The average Bonchev–Trinajstić information content (AvgIpc) is 3.19. The average molecular weight is 597 g/mol. The maximum Gasteiger partial charge on any atom is 0.253 e. The highest BCUT2D eigenvalue weighted by Gasteiger charge is 2.27. The van der Waals surface area contributed by atoms with Crippen LogP contribution in [0.1, 0.15) is 41.0 Å². The standard InChI is InChI=1S/C33H33ClN6O3/c1-19-17-40(18-20(2)37-19)32(41)21-5-8-23(9-6-21)38-33-36-15-22-7-11-25-27(14-30(34)35-16-28(25)31(22)39-33)26-12-10-24(42-3)13-29(26)43-4/h5-6,8-16,19-20,37H,7,17-18H2,1-4H3,(H,36,38,39). The van der Waals surface area contributed by atoms with E-state index in [0.717, 1.165) is 39.2 Å². The van der Waals surface area contributed by atoms with Crippen molar-refractivity contribution in [1.82, 2.24) is 20.2 Å². The van der Waals surface area contributed by atoms with Crippen molar-refractivity contribution in [3.05, 3.63) is 95.0 Å². The second-order valence-corrected chi connectivity index (χ2v) is 11.3. The Labute approximate surface area is 256 Å². The van der Waals surface area contributed by atoms with Crippen molar-refractivity contribution in [2.45, 2.75) is 32.4 Å². The zero-order chi connectivity index (χ0) is 30.1. The van der Waals surface area contributed by atoms with Crippen molar-refractivity contribution in [3.8, 4) is 11.5 Å². The van der Waals surface area contributed by atoms with E-state index in [9.17, 15) is 4.79 Å². The number of nitrogens with zero attached hydrogens (tertiary/aromatic N) is 4. The maximum atomic E-state index is 13.1. The smallest absolute Gasteiger partial charge is 0.253 e. The molecule has 0 saturated carbocycles. The summed E-state index contributed by atoms with van der Waals surface area (Å²) in [6.07, 6.45) is 8.21. The Morgan fingerprint density at radius 2 is 1.79 bits per heavy atom. The molecule has 2 aromatic carbocycles. The highest BCUT2D eigenvalue weighted by molar-refractivity contribution is 6.69. The topological polar surface area (TPSA) is 101 Å². The lowest BCUT2D eigenvalue weighted by molar-refractivity contribution is 0.0674. The minimum Gasteiger partial charge on any atom is -0.497 e. The fraction of sp³-hybridized carbons (Fsp3) is 0.273. The van der Waals surface area contributed by atoms with E-state index in [1.54, 1.807) is 20.4 Å². The molecule has 0 spiro atoms. The Kier molecular flexibility index (Phi) is 8.01. The normalized spacial score (nSPS) is 19.5. The Morgan fingerprint density at radius 1 is 1.02 bits per heavy atom. The third-order valence-corrected chi connectivity index (χ3v) is 7.94. The van der Waals surface area contributed by atoms with Crippen LogP contribution in [-0.4, -0.2) is 65.3 Å². The molecule has 220 valence electrons. The van der Waals surface area contributed by atoms with Crippen molar-refractivity contribution in [2.24, 2.45) is 4.99 Å². The summed E-state index contributed by atoms with van der Waals surface area (Å²) < 4.78 is 11.1. The van der Waals surface area contributed by atoms with E-state index in [1.807, 2.05) is 59.6 Å². The molecule has 1 amide bonds. The number of hydrogen-bond donors (Lipinski definition) is 2. The van der Waals surface area contributed by atoms with Gasteiger partial charge in [0.25, 0.3) is 5.91 Å². The van der Waals surface area contributed by atoms with Crippen LogP contribution in [0.3, 0.4) is 0 Å².